The first-order chi connectivity index (χ1) is 12.4. The summed E-state index contributed by atoms with van der Waals surface area (Å²) >= 11 is 0. The van der Waals surface area contributed by atoms with Crippen molar-refractivity contribution in [3.8, 4) is 5.75 Å². The van der Waals surface area contributed by atoms with Crippen LogP contribution < -0.4 is 4.43 Å². The van der Waals surface area contributed by atoms with Gasteiger partial charge in [0.1, 0.15) is 11.5 Å². The third-order valence-electron chi connectivity index (χ3n) is 5.47. The summed E-state index contributed by atoms with van der Waals surface area (Å²) in [7, 11) is -0.516. The molecule has 27 heavy (non-hydrogen) atoms. The van der Waals surface area contributed by atoms with E-state index in [1.165, 1.54) is 7.11 Å². The van der Waals surface area contributed by atoms with Gasteiger partial charge in [-0.15, -0.1) is 0 Å². The van der Waals surface area contributed by atoms with Crippen LogP contribution in [0.5, 0.6) is 5.75 Å². The number of ketones is 1. The first kappa shape index (κ1) is 23.4. The molecule has 0 aromatic heterocycles. The molecule has 2 unspecified atom stereocenters. The van der Waals surface area contributed by atoms with E-state index in [2.05, 4.69) is 46.0 Å². The van der Waals surface area contributed by atoms with Crippen molar-refractivity contribution in [3.63, 3.8) is 0 Å². The first-order valence-corrected chi connectivity index (χ1v) is 12.6. The number of ether oxygens (including phenoxy) is 1. The lowest BCUT2D eigenvalue weighted by Crippen LogP contribution is -2.43. The van der Waals surface area contributed by atoms with E-state index in [-0.39, 0.29) is 28.6 Å². The zero-order valence-electron chi connectivity index (χ0n) is 18.2. The highest BCUT2D eigenvalue weighted by Gasteiger charge is 2.39. The van der Waals surface area contributed by atoms with Crippen LogP contribution in [-0.2, 0) is 14.3 Å². The number of carbonyl (C=O) groups is 2. The van der Waals surface area contributed by atoms with E-state index >= 15 is 0 Å². The molecule has 1 rings (SSSR count). The van der Waals surface area contributed by atoms with Crippen molar-refractivity contribution in [2.24, 2.45) is 5.92 Å². The number of carbonyl (C=O) groups excluding carboxylic acids is 2. The van der Waals surface area contributed by atoms with Crippen LogP contribution in [0.2, 0.25) is 18.1 Å². The van der Waals surface area contributed by atoms with E-state index in [0.29, 0.717) is 12.8 Å². The van der Waals surface area contributed by atoms with Gasteiger partial charge in [-0.2, -0.15) is 0 Å². The molecule has 0 aliphatic heterocycles. The topological polar surface area (TPSA) is 52.6 Å². The van der Waals surface area contributed by atoms with Crippen molar-refractivity contribution in [1.29, 1.82) is 0 Å². The molecular weight excluding hydrogens is 356 g/mol. The number of hydrogen-bond donors (Lipinski definition) is 0. The summed E-state index contributed by atoms with van der Waals surface area (Å²) in [5.41, 5.74) is 1.10. The second kappa shape index (κ2) is 9.54. The Labute approximate surface area is 165 Å². The molecular formula is C22H36O4Si. The van der Waals surface area contributed by atoms with Gasteiger partial charge in [0.2, 0.25) is 8.32 Å². The van der Waals surface area contributed by atoms with Crippen molar-refractivity contribution in [2.45, 2.75) is 77.9 Å². The van der Waals surface area contributed by atoms with E-state index in [4.69, 9.17) is 9.16 Å². The van der Waals surface area contributed by atoms with Crippen LogP contribution in [0.4, 0.5) is 0 Å². The van der Waals surface area contributed by atoms with Crippen LogP contribution in [0, 0.1) is 5.92 Å². The molecule has 0 N–H and O–H groups in total. The van der Waals surface area contributed by atoms with Gasteiger partial charge in [0.15, 0.2) is 0 Å². The lowest BCUT2D eigenvalue weighted by molar-refractivity contribution is -0.141. The molecule has 0 heterocycles. The molecule has 0 spiro atoms. The third kappa shape index (κ3) is 7.49. The highest BCUT2D eigenvalue weighted by molar-refractivity contribution is 6.74. The van der Waals surface area contributed by atoms with Crippen molar-refractivity contribution < 1.29 is 18.8 Å². The van der Waals surface area contributed by atoms with Gasteiger partial charge in [-0.3, -0.25) is 4.79 Å². The first-order valence-electron chi connectivity index (χ1n) is 9.71. The molecule has 0 fully saturated rings. The van der Waals surface area contributed by atoms with E-state index in [0.717, 1.165) is 17.7 Å². The average molecular weight is 393 g/mol. The number of esters is 1. The van der Waals surface area contributed by atoms with E-state index in [9.17, 15) is 9.59 Å². The van der Waals surface area contributed by atoms with Crippen LogP contribution in [0.1, 0.15) is 65.4 Å². The Morgan fingerprint density at radius 3 is 2.30 bits per heavy atom. The minimum absolute atomic E-state index is 0.0742. The molecule has 4 nitrogen and oxygen atoms in total. The Morgan fingerprint density at radius 1 is 1.15 bits per heavy atom. The second-order valence-corrected chi connectivity index (χ2v) is 13.9. The zero-order chi connectivity index (χ0) is 20.8. The van der Waals surface area contributed by atoms with Crippen molar-refractivity contribution in [1.82, 2.24) is 0 Å². The SMILES string of the molecule is COC(=O)CC(C)CC(CC(C)=O)c1cccc(O[Si](C)(C)C(C)(C)C)c1. The lowest BCUT2D eigenvalue weighted by atomic mass is 9.85. The van der Waals surface area contributed by atoms with Crippen LogP contribution >= 0.6 is 0 Å². The summed E-state index contributed by atoms with van der Waals surface area (Å²) in [4.78, 5) is 23.4. The molecule has 0 saturated carbocycles. The summed E-state index contributed by atoms with van der Waals surface area (Å²) in [6.45, 7) is 14.8. The van der Waals surface area contributed by atoms with Gasteiger partial charge < -0.3 is 14.0 Å². The predicted octanol–water partition coefficient (Wildman–Crippen LogP) is 5.72. The molecule has 0 saturated heterocycles. The van der Waals surface area contributed by atoms with Crippen molar-refractivity contribution in [2.75, 3.05) is 7.11 Å². The fourth-order valence-corrected chi connectivity index (χ4v) is 3.92. The minimum Gasteiger partial charge on any atom is -0.543 e. The standard InChI is InChI=1S/C22H36O4Si/c1-16(13-21(24)25-6)12-19(14-17(2)23)18-10-9-11-20(15-18)26-27(7,8)22(3,4)5/h9-11,15-16,19H,12-14H2,1-8H3. The normalized spacial score (nSPS) is 14.4. The Morgan fingerprint density at radius 2 is 1.78 bits per heavy atom. The van der Waals surface area contributed by atoms with Crippen molar-refractivity contribution >= 4 is 20.1 Å². The van der Waals surface area contributed by atoms with Gasteiger partial charge in [0.05, 0.1) is 7.11 Å². The van der Waals surface area contributed by atoms with Crippen LogP contribution in [0.25, 0.3) is 0 Å². The molecule has 0 bridgehead atoms. The van der Waals surface area contributed by atoms with Crippen LogP contribution in [-0.4, -0.2) is 27.2 Å². The van der Waals surface area contributed by atoms with Gasteiger partial charge in [-0.05, 0) is 61.0 Å². The average Bonchev–Trinajstić information content (AvgIpc) is 2.52. The number of benzene rings is 1. The molecule has 0 radical (unpaired) electrons. The second-order valence-electron chi connectivity index (χ2n) is 9.16. The zero-order valence-corrected chi connectivity index (χ0v) is 19.2. The molecule has 0 aliphatic rings. The maximum absolute atomic E-state index is 11.8. The van der Waals surface area contributed by atoms with Gasteiger partial charge in [0, 0.05) is 12.8 Å². The number of Topliss-reactive ketones (excluding diaryl/α,β-unsaturated/α-hetero) is 1. The molecule has 2 atom stereocenters. The third-order valence-corrected chi connectivity index (χ3v) is 9.83. The quantitative estimate of drug-likeness (QED) is 0.398. The van der Waals surface area contributed by atoms with Crippen LogP contribution in [0.15, 0.2) is 24.3 Å². The highest BCUT2D eigenvalue weighted by atomic mass is 28.4. The monoisotopic (exact) mass is 392 g/mol. The molecule has 0 aliphatic carbocycles. The summed E-state index contributed by atoms with van der Waals surface area (Å²) in [6, 6.07) is 8.11. The van der Waals surface area contributed by atoms with E-state index < -0.39 is 8.32 Å². The smallest absolute Gasteiger partial charge is 0.305 e. The summed E-state index contributed by atoms with van der Waals surface area (Å²) < 4.78 is 11.2. The molecule has 152 valence electrons. The summed E-state index contributed by atoms with van der Waals surface area (Å²) in [5, 5.41) is 0.122. The van der Waals surface area contributed by atoms with E-state index in [1.54, 1.807) is 6.92 Å². The Bertz CT molecular complexity index is 646. The Hall–Kier alpha value is -1.62. The lowest BCUT2D eigenvalue weighted by Gasteiger charge is -2.36. The largest absolute Gasteiger partial charge is 0.543 e. The number of hydrogen-bond acceptors (Lipinski definition) is 4. The van der Waals surface area contributed by atoms with Gasteiger partial charge in [-0.1, -0.05) is 39.8 Å². The Balaban J connectivity index is 3.03. The number of rotatable bonds is 9. The number of methoxy groups -OCH3 is 1. The van der Waals surface area contributed by atoms with Gasteiger partial charge in [0.25, 0.3) is 0 Å². The molecule has 1 aromatic carbocycles. The summed E-state index contributed by atoms with van der Waals surface area (Å²) in [6.07, 6.45) is 1.60. The maximum atomic E-state index is 11.8. The van der Waals surface area contributed by atoms with Crippen LogP contribution in [0.3, 0.4) is 0 Å². The predicted molar refractivity (Wildman–Crippen MR) is 113 cm³/mol. The Kier molecular flexibility index (Phi) is 8.27. The molecule has 1 aromatic rings. The summed E-state index contributed by atoms with van der Waals surface area (Å²) in [5.74, 6) is 1.03. The maximum Gasteiger partial charge on any atom is 0.305 e. The van der Waals surface area contributed by atoms with Gasteiger partial charge >= 0.3 is 5.97 Å². The van der Waals surface area contributed by atoms with Crippen molar-refractivity contribution in [3.05, 3.63) is 29.8 Å². The van der Waals surface area contributed by atoms with Gasteiger partial charge in [-0.25, -0.2) is 0 Å². The minimum atomic E-state index is -1.92. The van der Waals surface area contributed by atoms with E-state index in [1.807, 2.05) is 19.1 Å². The highest BCUT2D eigenvalue weighted by Crippen LogP contribution is 2.38. The fourth-order valence-electron chi connectivity index (χ4n) is 2.90. The fraction of sp³-hybridized carbons (Fsp3) is 0.636. The molecule has 5 heteroatoms. The molecule has 0 amide bonds.